The number of nitrogens with one attached hydrogen (secondary N) is 1. The first-order chi connectivity index (χ1) is 14.3. The maximum atomic E-state index is 13.2. The number of aryl methyl sites for hydroxylation is 1. The summed E-state index contributed by atoms with van der Waals surface area (Å²) in [6, 6.07) is 15.2. The van der Waals surface area contributed by atoms with Crippen molar-refractivity contribution in [3.63, 3.8) is 0 Å². The maximum absolute atomic E-state index is 13.2. The molecule has 0 bridgehead atoms. The first-order valence-electron chi connectivity index (χ1n) is 10.7. The van der Waals surface area contributed by atoms with Crippen LogP contribution in [0.3, 0.4) is 0 Å². The van der Waals surface area contributed by atoms with E-state index in [-0.39, 0.29) is 17.2 Å². The third-order valence-electron chi connectivity index (χ3n) is 5.74. The van der Waals surface area contributed by atoms with E-state index in [1.165, 1.54) is 11.1 Å². The molecule has 30 heavy (non-hydrogen) atoms. The summed E-state index contributed by atoms with van der Waals surface area (Å²) >= 11 is 0. The summed E-state index contributed by atoms with van der Waals surface area (Å²) in [6.45, 7) is 9.80. The van der Waals surface area contributed by atoms with Crippen LogP contribution in [0.1, 0.15) is 55.1 Å². The molecule has 1 saturated heterocycles. The zero-order chi connectivity index (χ0) is 21.7. The fraction of sp³-hybridized carbons (Fsp3) is 0.440. The molecule has 1 unspecified atom stereocenters. The Bertz CT molecular complexity index is 907. The molecule has 0 spiro atoms. The van der Waals surface area contributed by atoms with Crippen molar-refractivity contribution in [3.8, 4) is 5.75 Å². The Balaban J connectivity index is 1.69. The van der Waals surface area contributed by atoms with Crippen molar-refractivity contribution < 1.29 is 14.3 Å². The summed E-state index contributed by atoms with van der Waals surface area (Å²) in [7, 11) is 0. The topological polar surface area (TPSA) is 58.6 Å². The van der Waals surface area contributed by atoms with E-state index in [4.69, 9.17) is 4.74 Å². The fourth-order valence-corrected chi connectivity index (χ4v) is 3.96. The molecule has 1 fully saturated rings. The first kappa shape index (κ1) is 21.9. The largest absolute Gasteiger partial charge is 0.493 e. The molecule has 2 amide bonds. The molecule has 2 aromatic rings. The lowest BCUT2D eigenvalue weighted by Crippen LogP contribution is -2.48. The number of rotatable bonds is 7. The molecule has 160 valence electrons. The van der Waals surface area contributed by atoms with Gasteiger partial charge >= 0.3 is 0 Å². The molecule has 0 radical (unpaired) electrons. The van der Waals surface area contributed by atoms with Crippen molar-refractivity contribution in [1.82, 2.24) is 10.2 Å². The van der Waals surface area contributed by atoms with Crippen LogP contribution in [-0.2, 0) is 10.2 Å². The Morgan fingerprint density at radius 3 is 2.67 bits per heavy atom. The van der Waals surface area contributed by atoms with Gasteiger partial charge in [-0.3, -0.25) is 9.59 Å². The van der Waals surface area contributed by atoms with E-state index >= 15 is 0 Å². The Morgan fingerprint density at radius 1 is 1.17 bits per heavy atom. The quantitative estimate of drug-likeness (QED) is 0.751. The van der Waals surface area contributed by atoms with E-state index in [9.17, 15) is 9.59 Å². The number of benzene rings is 2. The Labute approximate surface area is 179 Å². The molecule has 0 aromatic heterocycles. The Kier molecular flexibility index (Phi) is 6.80. The highest BCUT2D eigenvalue weighted by molar-refractivity contribution is 6.00. The van der Waals surface area contributed by atoms with Crippen LogP contribution in [-0.4, -0.2) is 42.5 Å². The molecule has 1 atom stereocenters. The lowest BCUT2D eigenvalue weighted by molar-refractivity contribution is -0.125. The second kappa shape index (κ2) is 9.33. The highest BCUT2D eigenvalue weighted by atomic mass is 16.5. The molecule has 5 nitrogen and oxygen atoms in total. The Hall–Kier alpha value is -2.82. The van der Waals surface area contributed by atoms with E-state index in [1.807, 2.05) is 25.1 Å². The number of carbonyl (C=O) groups excluding carboxylic acids is 2. The van der Waals surface area contributed by atoms with E-state index in [2.05, 4.69) is 44.3 Å². The summed E-state index contributed by atoms with van der Waals surface area (Å²) in [6.07, 6.45) is 1.50. The lowest BCUT2D eigenvalue weighted by Gasteiger charge is -2.29. The average molecular weight is 409 g/mol. The van der Waals surface area contributed by atoms with Crippen LogP contribution in [0.5, 0.6) is 5.75 Å². The average Bonchev–Trinajstić information content (AvgIpc) is 3.22. The molecule has 5 heteroatoms. The monoisotopic (exact) mass is 408 g/mol. The zero-order valence-electron chi connectivity index (χ0n) is 18.4. The predicted molar refractivity (Wildman–Crippen MR) is 119 cm³/mol. The van der Waals surface area contributed by atoms with Crippen LogP contribution in [0.25, 0.3) is 0 Å². The number of ether oxygens (including phenoxy) is 1. The maximum Gasteiger partial charge on any atom is 0.258 e. The third-order valence-corrected chi connectivity index (χ3v) is 5.74. The molecule has 3 rings (SSSR count). The smallest absolute Gasteiger partial charge is 0.258 e. The third kappa shape index (κ3) is 4.84. The molecule has 0 saturated carbocycles. The molecule has 1 aliphatic heterocycles. The van der Waals surface area contributed by atoms with Gasteiger partial charge in [0.2, 0.25) is 5.91 Å². The minimum atomic E-state index is -0.444. The highest BCUT2D eigenvalue weighted by Crippen LogP contribution is 2.27. The standard InChI is InChI=1S/C25H32N2O3/c1-5-30-22-14-7-6-12-20(22)24(29)27-15-9-13-21(27)23(28)26-17-25(3,4)19-11-8-10-18(2)16-19/h6-8,10-12,14,16,21H,5,9,13,15,17H2,1-4H3,(H,26,28). The lowest BCUT2D eigenvalue weighted by atomic mass is 9.84. The van der Waals surface area contributed by atoms with Crippen LogP contribution >= 0.6 is 0 Å². The normalized spacial score (nSPS) is 16.4. The van der Waals surface area contributed by atoms with Gasteiger partial charge in [-0.1, -0.05) is 55.8 Å². The van der Waals surface area contributed by atoms with Crippen LogP contribution in [0.2, 0.25) is 0 Å². The van der Waals surface area contributed by atoms with Crippen LogP contribution in [0.15, 0.2) is 48.5 Å². The van der Waals surface area contributed by atoms with Gasteiger partial charge < -0.3 is 15.0 Å². The molecule has 1 aliphatic rings. The number of hydrogen-bond acceptors (Lipinski definition) is 3. The Morgan fingerprint density at radius 2 is 1.93 bits per heavy atom. The second-order valence-electron chi connectivity index (χ2n) is 8.56. The summed E-state index contributed by atoms with van der Waals surface area (Å²) < 4.78 is 5.62. The summed E-state index contributed by atoms with van der Waals surface area (Å²) in [5.41, 5.74) is 2.70. The van der Waals surface area contributed by atoms with Crippen molar-refractivity contribution in [1.29, 1.82) is 0 Å². The van der Waals surface area contributed by atoms with Gasteiger partial charge in [0.25, 0.3) is 5.91 Å². The van der Waals surface area contributed by atoms with Gasteiger partial charge in [-0.2, -0.15) is 0 Å². The van der Waals surface area contributed by atoms with Crippen molar-refractivity contribution >= 4 is 11.8 Å². The SMILES string of the molecule is CCOc1ccccc1C(=O)N1CCCC1C(=O)NCC(C)(C)c1cccc(C)c1. The minimum Gasteiger partial charge on any atom is -0.493 e. The number of nitrogens with zero attached hydrogens (tertiary/aromatic N) is 1. The molecule has 0 aliphatic carbocycles. The van der Waals surface area contributed by atoms with Crippen molar-refractivity contribution in [3.05, 3.63) is 65.2 Å². The van der Waals surface area contributed by atoms with E-state index in [1.54, 1.807) is 17.0 Å². The molecule has 2 aromatic carbocycles. The fourth-order valence-electron chi connectivity index (χ4n) is 3.96. The van der Waals surface area contributed by atoms with E-state index < -0.39 is 6.04 Å². The molecular weight excluding hydrogens is 376 g/mol. The molecule has 1 heterocycles. The number of amides is 2. The molecule has 1 N–H and O–H groups in total. The number of likely N-dealkylation sites (tertiary alicyclic amines) is 1. The van der Waals surface area contributed by atoms with Crippen LogP contribution < -0.4 is 10.1 Å². The summed E-state index contributed by atoms with van der Waals surface area (Å²) in [5, 5.41) is 3.09. The number of para-hydroxylation sites is 1. The number of hydrogen-bond donors (Lipinski definition) is 1. The van der Waals surface area contributed by atoms with Gasteiger partial charge in [0.15, 0.2) is 0 Å². The first-order valence-corrected chi connectivity index (χ1v) is 10.7. The van der Waals surface area contributed by atoms with Gasteiger partial charge in [0.05, 0.1) is 12.2 Å². The van der Waals surface area contributed by atoms with Crippen molar-refractivity contribution in [2.24, 2.45) is 0 Å². The molecular formula is C25H32N2O3. The minimum absolute atomic E-state index is 0.0875. The summed E-state index contributed by atoms with van der Waals surface area (Å²) in [4.78, 5) is 27.9. The van der Waals surface area contributed by atoms with Gasteiger partial charge in [-0.25, -0.2) is 0 Å². The van der Waals surface area contributed by atoms with Crippen LogP contribution in [0, 0.1) is 6.92 Å². The van der Waals surface area contributed by atoms with Gasteiger partial charge in [-0.15, -0.1) is 0 Å². The number of carbonyl (C=O) groups is 2. The van der Waals surface area contributed by atoms with Gasteiger partial charge in [-0.05, 0) is 44.4 Å². The van der Waals surface area contributed by atoms with Gasteiger partial charge in [0, 0.05) is 18.5 Å². The second-order valence-corrected chi connectivity index (χ2v) is 8.56. The van der Waals surface area contributed by atoms with Crippen LogP contribution in [0.4, 0.5) is 0 Å². The van der Waals surface area contributed by atoms with E-state index in [0.29, 0.717) is 37.4 Å². The highest BCUT2D eigenvalue weighted by Gasteiger charge is 2.36. The van der Waals surface area contributed by atoms with Crippen molar-refractivity contribution in [2.75, 3.05) is 19.7 Å². The summed E-state index contributed by atoms with van der Waals surface area (Å²) in [5.74, 6) is 0.335. The predicted octanol–water partition coefficient (Wildman–Crippen LogP) is 4.09. The zero-order valence-corrected chi connectivity index (χ0v) is 18.4. The van der Waals surface area contributed by atoms with Crippen molar-refractivity contribution in [2.45, 2.75) is 52.0 Å². The van der Waals surface area contributed by atoms with Gasteiger partial charge in [0.1, 0.15) is 11.8 Å². The van der Waals surface area contributed by atoms with E-state index in [0.717, 1.165) is 6.42 Å².